The monoisotopic (exact) mass is 320 g/mol. The second kappa shape index (κ2) is 4.19. The fraction of sp³-hybridized carbons (Fsp3) is 0.400. The van der Waals surface area contributed by atoms with Gasteiger partial charge in [-0.15, -0.1) is 0 Å². The van der Waals surface area contributed by atoms with Gasteiger partial charge in [0, 0.05) is 4.47 Å². The molecule has 0 saturated carbocycles. The number of halogens is 7. The molecule has 0 unspecified atom stereocenters. The molecule has 0 N–H and O–H groups in total. The highest BCUT2D eigenvalue weighted by Crippen LogP contribution is 2.43. The van der Waals surface area contributed by atoms with Gasteiger partial charge >= 0.3 is 12.4 Å². The predicted molar refractivity (Wildman–Crippen MR) is 53.6 cm³/mol. The van der Waals surface area contributed by atoms with Crippen LogP contribution in [0.2, 0.25) is 0 Å². The smallest absolute Gasteiger partial charge is 0.166 e. The molecule has 96 valence electrons. The van der Waals surface area contributed by atoms with Crippen LogP contribution in [0.15, 0.2) is 10.5 Å². The molecule has 0 fully saturated rings. The van der Waals surface area contributed by atoms with E-state index in [0.29, 0.717) is 6.07 Å². The molecule has 0 nitrogen and oxygen atoms in total. The topological polar surface area (TPSA) is 0 Å². The van der Waals surface area contributed by atoms with Crippen LogP contribution in [0.5, 0.6) is 0 Å². The van der Waals surface area contributed by atoms with Gasteiger partial charge in [-0.2, -0.15) is 26.3 Å². The van der Waals surface area contributed by atoms with E-state index in [0.717, 1.165) is 13.8 Å². The van der Waals surface area contributed by atoms with Crippen LogP contribution in [0.3, 0.4) is 0 Å². The van der Waals surface area contributed by atoms with Crippen LogP contribution in [0.25, 0.3) is 0 Å². The summed E-state index contributed by atoms with van der Waals surface area (Å²) in [5, 5.41) is 0. The summed E-state index contributed by atoms with van der Waals surface area (Å²) in [6.07, 6.45) is -9.35. The van der Waals surface area contributed by atoms with E-state index in [4.69, 9.17) is 0 Å². The maximum Gasteiger partial charge on any atom is 0.417 e. The standard InChI is InChI=1S/C10H7BrF6/c1-4-3-6(9(12,13)14)5(2)8(11)7(4)10(15,16)17/h3H,1-2H3. The van der Waals surface area contributed by atoms with Crippen LogP contribution >= 0.6 is 15.9 Å². The molecule has 0 spiro atoms. The average Bonchev–Trinajstić information content (AvgIpc) is 2.07. The first kappa shape index (κ1) is 14.3. The summed E-state index contributed by atoms with van der Waals surface area (Å²) in [6, 6.07) is 0.517. The number of aryl methyl sites for hydroxylation is 1. The van der Waals surface area contributed by atoms with Crippen molar-refractivity contribution < 1.29 is 26.3 Å². The minimum absolute atomic E-state index is 0.456. The highest BCUT2D eigenvalue weighted by atomic mass is 79.9. The maximum absolute atomic E-state index is 12.6. The van der Waals surface area contributed by atoms with Crippen molar-refractivity contribution in [3.05, 3.63) is 32.8 Å². The second-order valence-electron chi connectivity index (χ2n) is 3.55. The van der Waals surface area contributed by atoms with E-state index in [-0.39, 0.29) is 0 Å². The summed E-state index contributed by atoms with van der Waals surface area (Å²) in [5.74, 6) is 0. The Morgan fingerprint density at radius 2 is 1.41 bits per heavy atom. The molecule has 0 aliphatic rings. The quantitative estimate of drug-likeness (QED) is 0.583. The Labute approximate surface area is 102 Å². The van der Waals surface area contributed by atoms with Crippen molar-refractivity contribution in [2.45, 2.75) is 26.2 Å². The lowest BCUT2D eigenvalue weighted by Crippen LogP contribution is -2.14. The number of rotatable bonds is 0. The zero-order chi connectivity index (χ0) is 13.6. The van der Waals surface area contributed by atoms with Crippen LogP contribution in [0.4, 0.5) is 26.3 Å². The van der Waals surface area contributed by atoms with E-state index in [2.05, 4.69) is 15.9 Å². The first-order valence-electron chi connectivity index (χ1n) is 4.40. The lowest BCUT2D eigenvalue weighted by Gasteiger charge is -2.18. The Bertz CT molecular complexity index is 444. The Kier molecular flexibility index (Phi) is 3.53. The summed E-state index contributed by atoms with van der Waals surface area (Å²) in [6.45, 7) is 2.00. The van der Waals surface area contributed by atoms with Crippen molar-refractivity contribution in [2.24, 2.45) is 0 Å². The third-order valence-electron chi connectivity index (χ3n) is 2.30. The average molecular weight is 321 g/mol. The number of benzene rings is 1. The van der Waals surface area contributed by atoms with Gasteiger partial charge in [0.15, 0.2) is 0 Å². The zero-order valence-corrected chi connectivity index (χ0v) is 10.3. The van der Waals surface area contributed by atoms with E-state index in [1.807, 2.05) is 0 Å². The fourth-order valence-corrected chi connectivity index (χ4v) is 2.27. The molecule has 0 heterocycles. The first-order chi connectivity index (χ1) is 7.46. The van der Waals surface area contributed by atoms with Crippen LogP contribution in [-0.4, -0.2) is 0 Å². The predicted octanol–water partition coefficient (Wildman–Crippen LogP) is 5.10. The highest BCUT2D eigenvalue weighted by molar-refractivity contribution is 9.10. The number of hydrogen-bond donors (Lipinski definition) is 0. The van der Waals surface area contributed by atoms with E-state index < -0.39 is 39.1 Å². The molecule has 0 radical (unpaired) electrons. The molecular weight excluding hydrogens is 314 g/mol. The summed E-state index contributed by atoms with van der Waals surface area (Å²) in [4.78, 5) is 0. The highest BCUT2D eigenvalue weighted by Gasteiger charge is 2.40. The first-order valence-corrected chi connectivity index (χ1v) is 5.19. The Morgan fingerprint density at radius 1 is 0.941 bits per heavy atom. The van der Waals surface area contributed by atoms with Gasteiger partial charge in [-0.25, -0.2) is 0 Å². The maximum atomic E-state index is 12.6. The summed E-state index contributed by atoms with van der Waals surface area (Å²) < 4.78 is 74.9. The number of hydrogen-bond acceptors (Lipinski definition) is 0. The van der Waals surface area contributed by atoms with Crippen molar-refractivity contribution >= 4 is 15.9 Å². The van der Waals surface area contributed by atoms with Gasteiger partial charge in [-0.05, 0) is 47.0 Å². The second-order valence-corrected chi connectivity index (χ2v) is 4.34. The molecule has 1 aromatic rings. The van der Waals surface area contributed by atoms with Gasteiger partial charge in [0.25, 0.3) is 0 Å². The molecule has 0 bridgehead atoms. The summed E-state index contributed by atoms with van der Waals surface area (Å²) >= 11 is 2.59. The van der Waals surface area contributed by atoms with Crippen molar-refractivity contribution in [1.29, 1.82) is 0 Å². The van der Waals surface area contributed by atoms with Gasteiger partial charge in [-0.1, -0.05) is 0 Å². The molecule has 1 rings (SSSR count). The summed E-state index contributed by atoms with van der Waals surface area (Å²) in [5.41, 5.74) is -3.05. The molecule has 0 aliphatic carbocycles. The third kappa shape index (κ3) is 2.75. The molecular formula is C10H7BrF6. The van der Waals surface area contributed by atoms with Crippen molar-refractivity contribution in [2.75, 3.05) is 0 Å². The summed E-state index contributed by atoms with van der Waals surface area (Å²) in [7, 11) is 0. The molecule has 0 atom stereocenters. The van der Waals surface area contributed by atoms with Gasteiger partial charge in [0.1, 0.15) is 0 Å². The number of alkyl halides is 6. The Hall–Kier alpha value is -0.720. The van der Waals surface area contributed by atoms with Crippen molar-refractivity contribution in [1.82, 2.24) is 0 Å². The van der Waals surface area contributed by atoms with E-state index >= 15 is 0 Å². The largest absolute Gasteiger partial charge is 0.417 e. The van der Waals surface area contributed by atoms with Gasteiger partial charge in [0.05, 0.1) is 11.1 Å². The Balaban J connectivity index is 3.60. The van der Waals surface area contributed by atoms with Crippen LogP contribution in [0.1, 0.15) is 22.3 Å². The fourth-order valence-electron chi connectivity index (χ4n) is 1.52. The lowest BCUT2D eigenvalue weighted by molar-refractivity contribution is -0.142. The van der Waals surface area contributed by atoms with E-state index in [9.17, 15) is 26.3 Å². The molecule has 0 amide bonds. The lowest BCUT2D eigenvalue weighted by atomic mass is 9.99. The third-order valence-corrected chi connectivity index (χ3v) is 3.29. The molecule has 17 heavy (non-hydrogen) atoms. The minimum atomic E-state index is -4.68. The molecule has 1 aromatic carbocycles. The molecule has 0 saturated heterocycles. The minimum Gasteiger partial charge on any atom is -0.166 e. The zero-order valence-electron chi connectivity index (χ0n) is 8.72. The van der Waals surface area contributed by atoms with E-state index in [1.54, 1.807) is 0 Å². The molecule has 7 heteroatoms. The van der Waals surface area contributed by atoms with Crippen LogP contribution in [0, 0.1) is 13.8 Å². The van der Waals surface area contributed by atoms with Crippen molar-refractivity contribution in [3.63, 3.8) is 0 Å². The molecule has 0 aromatic heterocycles. The SMILES string of the molecule is Cc1cc(C(F)(F)F)c(C)c(Br)c1C(F)(F)F. The van der Waals surface area contributed by atoms with E-state index in [1.165, 1.54) is 0 Å². The molecule has 0 aliphatic heterocycles. The van der Waals surface area contributed by atoms with Crippen LogP contribution < -0.4 is 0 Å². The van der Waals surface area contributed by atoms with Crippen molar-refractivity contribution in [3.8, 4) is 0 Å². The van der Waals surface area contributed by atoms with Gasteiger partial charge < -0.3 is 0 Å². The normalized spacial score (nSPS) is 13.0. The van der Waals surface area contributed by atoms with Gasteiger partial charge in [-0.3, -0.25) is 0 Å². The Morgan fingerprint density at radius 3 is 1.76 bits per heavy atom. The van der Waals surface area contributed by atoms with Gasteiger partial charge in [0.2, 0.25) is 0 Å². The van der Waals surface area contributed by atoms with Crippen LogP contribution in [-0.2, 0) is 12.4 Å².